The van der Waals surface area contributed by atoms with Crippen LogP contribution in [-0.2, 0) is 20.9 Å². The Morgan fingerprint density at radius 2 is 2.35 bits per heavy atom. The van der Waals surface area contributed by atoms with E-state index >= 15 is 0 Å². The van der Waals surface area contributed by atoms with Crippen molar-refractivity contribution >= 4 is 18.0 Å². The van der Waals surface area contributed by atoms with Crippen molar-refractivity contribution in [1.29, 1.82) is 0 Å². The van der Waals surface area contributed by atoms with Gasteiger partial charge in [-0.05, 0) is 24.6 Å². The van der Waals surface area contributed by atoms with Crippen LogP contribution >= 0.6 is 0 Å². The highest BCUT2D eigenvalue weighted by Crippen LogP contribution is 2.21. The average Bonchev–Trinajstić information content (AvgIpc) is 2.69. The SMILES string of the molecule is CCOC(=O)C=Cc1ccc2c(c1)C(=O)OC2. The molecule has 0 atom stereocenters. The lowest BCUT2D eigenvalue weighted by atomic mass is 10.1. The molecule has 1 aromatic carbocycles. The molecule has 2 rings (SSSR count). The number of hydrogen-bond donors (Lipinski definition) is 0. The van der Waals surface area contributed by atoms with E-state index in [2.05, 4.69) is 0 Å². The van der Waals surface area contributed by atoms with E-state index in [0.29, 0.717) is 18.8 Å². The molecule has 0 spiro atoms. The van der Waals surface area contributed by atoms with Crippen LogP contribution in [-0.4, -0.2) is 18.5 Å². The normalized spacial score (nSPS) is 13.6. The Bertz CT molecular complexity index is 488. The zero-order chi connectivity index (χ0) is 12.3. The van der Waals surface area contributed by atoms with Crippen molar-refractivity contribution in [2.45, 2.75) is 13.5 Å². The third-order valence-electron chi connectivity index (χ3n) is 2.41. The van der Waals surface area contributed by atoms with Gasteiger partial charge >= 0.3 is 11.9 Å². The van der Waals surface area contributed by atoms with Crippen LogP contribution in [0.15, 0.2) is 24.3 Å². The van der Waals surface area contributed by atoms with Gasteiger partial charge in [0.2, 0.25) is 0 Å². The first-order valence-electron chi connectivity index (χ1n) is 5.35. The van der Waals surface area contributed by atoms with Crippen molar-refractivity contribution in [3.05, 3.63) is 41.0 Å². The summed E-state index contributed by atoms with van der Waals surface area (Å²) in [4.78, 5) is 22.4. The Hall–Kier alpha value is -2.10. The third kappa shape index (κ3) is 2.53. The number of cyclic esters (lactones) is 1. The molecule has 4 heteroatoms. The smallest absolute Gasteiger partial charge is 0.338 e. The Morgan fingerprint density at radius 1 is 1.53 bits per heavy atom. The average molecular weight is 232 g/mol. The highest BCUT2D eigenvalue weighted by atomic mass is 16.5. The molecule has 0 bridgehead atoms. The standard InChI is InChI=1S/C13H12O4/c1-2-16-12(14)6-4-9-3-5-10-8-17-13(15)11(10)7-9/h3-7H,2,8H2,1H3. The molecule has 0 N–H and O–H groups in total. The topological polar surface area (TPSA) is 52.6 Å². The van der Waals surface area contributed by atoms with E-state index < -0.39 is 5.97 Å². The van der Waals surface area contributed by atoms with Gasteiger partial charge < -0.3 is 9.47 Å². The molecule has 1 heterocycles. The Labute approximate surface area is 98.8 Å². The maximum absolute atomic E-state index is 11.3. The lowest BCUT2D eigenvalue weighted by Crippen LogP contribution is -1.98. The number of rotatable bonds is 3. The predicted molar refractivity (Wildman–Crippen MR) is 61.2 cm³/mol. The predicted octanol–water partition coefficient (Wildman–Crippen LogP) is 1.93. The molecule has 1 aliphatic heterocycles. The summed E-state index contributed by atoms with van der Waals surface area (Å²) in [6, 6.07) is 5.36. The summed E-state index contributed by atoms with van der Waals surface area (Å²) >= 11 is 0. The van der Waals surface area contributed by atoms with Crippen molar-refractivity contribution in [1.82, 2.24) is 0 Å². The second kappa shape index (κ2) is 4.82. The van der Waals surface area contributed by atoms with Gasteiger partial charge in [-0.1, -0.05) is 12.1 Å². The Morgan fingerprint density at radius 3 is 3.12 bits per heavy atom. The molecule has 88 valence electrons. The van der Waals surface area contributed by atoms with Crippen LogP contribution in [0.5, 0.6) is 0 Å². The van der Waals surface area contributed by atoms with E-state index in [1.807, 2.05) is 12.1 Å². The fourth-order valence-electron chi connectivity index (χ4n) is 1.59. The van der Waals surface area contributed by atoms with Gasteiger partial charge in [0.25, 0.3) is 0 Å². The second-order valence-electron chi connectivity index (χ2n) is 3.58. The molecule has 0 unspecified atom stereocenters. The summed E-state index contributed by atoms with van der Waals surface area (Å²) in [6.07, 6.45) is 2.95. The van der Waals surface area contributed by atoms with Crippen LogP contribution < -0.4 is 0 Å². The van der Waals surface area contributed by atoms with Crippen LogP contribution in [0.4, 0.5) is 0 Å². The van der Waals surface area contributed by atoms with Gasteiger partial charge in [-0.25, -0.2) is 9.59 Å². The molecule has 0 aliphatic carbocycles. The van der Waals surface area contributed by atoms with Gasteiger partial charge in [0, 0.05) is 11.6 Å². The molecule has 0 amide bonds. The van der Waals surface area contributed by atoms with E-state index in [9.17, 15) is 9.59 Å². The minimum atomic E-state index is -0.393. The first kappa shape index (κ1) is 11.4. The first-order chi connectivity index (χ1) is 8.20. The fraction of sp³-hybridized carbons (Fsp3) is 0.231. The number of benzene rings is 1. The van der Waals surface area contributed by atoms with Gasteiger partial charge in [0.1, 0.15) is 6.61 Å². The molecule has 0 fully saturated rings. The summed E-state index contributed by atoms with van der Waals surface area (Å²) in [5.41, 5.74) is 2.22. The Balaban J connectivity index is 2.16. The first-order valence-corrected chi connectivity index (χ1v) is 5.35. The number of hydrogen-bond acceptors (Lipinski definition) is 4. The van der Waals surface area contributed by atoms with Crippen molar-refractivity contribution < 1.29 is 19.1 Å². The van der Waals surface area contributed by atoms with Gasteiger partial charge in [-0.2, -0.15) is 0 Å². The molecule has 1 aliphatic rings. The van der Waals surface area contributed by atoms with E-state index in [1.165, 1.54) is 6.08 Å². The number of carbonyl (C=O) groups is 2. The Kier molecular flexibility index (Phi) is 3.23. The molecule has 0 saturated heterocycles. The lowest BCUT2D eigenvalue weighted by Gasteiger charge is -1.97. The minimum Gasteiger partial charge on any atom is -0.463 e. The number of esters is 2. The minimum absolute atomic E-state index is 0.314. The highest BCUT2D eigenvalue weighted by Gasteiger charge is 2.20. The molecule has 1 aromatic rings. The second-order valence-corrected chi connectivity index (χ2v) is 3.58. The van der Waals surface area contributed by atoms with Crippen LogP contribution in [0, 0.1) is 0 Å². The number of carbonyl (C=O) groups excluding carboxylic acids is 2. The molecule has 0 saturated carbocycles. The van der Waals surface area contributed by atoms with E-state index in [0.717, 1.165) is 11.1 Å². The zero-order valence-electron chi connectivity index (χ0n) is 9.43. The number of ether oxygens (including phenoxy) is 2. The highest BCUT2D eigenvalue weighted by molar-refractivity contribution is 5.94. The lowest BCUT2D eigenvalue weighted by molar-refractivity contribution is -0.137. The van der Waals surface area contributed by atoms with Crippen LogP contribution in [0.2, 0.25) is 0 Å². The van der Waals surface area contributed by atoms with Crippen molar-refractivity contribution in [2.24, 2.45) is 0 Å². The summed E-state index contributed by atoms with van der Waals surface area (Å²) < 4.78 is 9.65. The third-order valence-corrected chi connectivity index (χ3v) is 2.41. The zero-order valence-corrected chi connectivity index (χ0v) is 9.43. The summed E-state index contributed by atoms with van der Waals surface area (Å²) in [5.74, 6) is -0.707. The molecule has 0 aromatic heterocycles. The summed E-state index contributed by atoms with van der Waals surface area (Å²) in [7, 11) is 0. The molecule has 0 radical (unpaired) electrons. The van der Waals surface area contributed by atoms with Crippen LogP contribution in [0.3, 0.4) is 0 Å². The van der Waals surface area contributed by atoms with E-state index in [-0.39, 0.29) is 5.97 Å². The van der Waals surface area contributed by atoms with Gasteiger partial charge in [0.15, 0.2) is 0 Å². The van der Waals surface area contributed by atoms with Gasteiger partial charge in [-0.3, -0.25) is 0 Å². The summed E-state index contributed by atoms with van der Waals surface area (Å²) in [5, 5.41) is 0. The van der Waals surface area contributed by atoms with Crippen molar-refractivity contribution in [3.8, 4) is 0 Å². The summed E-state index contributed by atoms with van der Waals surface area (Å²) in [6.45, 7) is 2.42. The van der Waals surface area contributed by atoms with Crippen molar-refractivity contribution in [2.75, 3.05) is 6.61 Å². The monoisotopic (exact) mass is 232 g/mol. The van der Waals surface area contributed by atoms with E-state index in [1.54, 1.807) is 19.1 Å². The van der Waals surface area contributed by atoms with E-state index in [4.69, 9.17) is 9.47 Å². The van der Waals surface area contributed by atoms with Crippen molar-refractivity contribution in [3.63, 3.8) is 0 Å². The maximum atomic E-state index is 11.3. The van der Waals surface area contributed by atoms with Crippen LogP contribution in [0.1, 0.15) is 28.4 Å². The molecular weight excluding hydrogens is 220 g/mol. The quantitative estimate of drug-likeness (QED) is 0.590. The molecular formula is C13H12O4. The maximum Gasteiger partial charge on any atom is 0.338 e. The van der Waals surface area contributed by atoms with Crippen LogP contribution in [0.25, 0.3) is 6.08 Å². The molecule has 17 heavy (non-hydrogen) atoms. The fourth-order valence-corrected chi connectivity index (χ4v) is 1.59. The van der Waals surface area contributed by atoms with Gasteiger partial charge in [-0.15, -0.1) is 0 Å². The number of fused-ring (bicyclic) bond motifs is 1. The van der Waals surface area contributed by atoms with Gasteiger partial charge in [0.05, 0.1) is 12.2 Å². The largest absolute Gasteiger partial charge is 0.463 e. The molecule has 4 nitrogen and oxygen atoms in total.